The van der Waals surface area contributed by atoms with Gasteiger partial charge in [-0.3, -0.25) is 0 Å². The first-order valence-electron chi connectivity index (χ1n) is 7.48. The second kappa shape index (κ2) is 5.56. The number of ether oxygens (including phenoxy) is 1. The molecule has 1 aromatic carbocycles. The Morgan fingerprint density at radius 2 is 2.04 bits per heavy atom. The molecular weight excluding hydrogens is 394 g/mol. The third kappa shape index (κ3) is 2.59. The number of imidazole rings is 1. The summed E-state index contributed by atoms with van der Waals surface area (Å²) >= 11 is 3.49. The minimum Gasteiger partial charge on any atom is -0.490 e. The average Bonchev–Trinajstić information content (AvgIpc) is 2.75. The Morgan fingerprint density at radius 3 is 2.75 bits per heavy atom. The Morgan fingerprint density at radius 1 is 1.29 bits per heavy atom. The maximum atomic E-state index is 11.6. The standard InChI is InChI=1S/C16H15BrN3O3S/c1-24(21,22)12-3-6-19(7-4-12)16-18-13-9-11(17)10-14-15(13)20(16)5-2-8-23-14/h3-4,6-7,9-10H,2,5,8H2,1H3/q+1. The van der Waals surface area contributed by atoms with Gasteiger partial charge in [-0.25, -0.2) is 17.6 Å². The van der Waals surface area contributed by atoms with Gasteiger partial charge in [-0.2, -0.15) is 0 Å². The van der Waals surface area contributed by atoms with Crippen LogP contribution in [0.5, 0.6) is 5.75 Å². The van der Waals surface area contributed by atoms with Gasteiger partial charge < -0.3 is 4.74 Å². The van der Waals surface area contributed by atoms with Gasteiger partial charge in [0.1, 0.15) is 0 Å². The van der Waals surface area contributed by atoms with Crippen molar-refractivity contribution in [2.45, 2.75) is 17.9 Å². The van der Waals surface area contributed by atoms with Crippen molar-refractivity contribution >= 4 is 36.8 Å². The highest BCUT2D eigenvalue weighted by Gasteiger charge is 2.27. The van der Waals surface area contributed by atoms with Crippen LogP contribution < -0.4 is 9.30 Å². The van der Waals surface area contributed by atoms with E-state index >= 15 is 0 Å². The maximum absolute atomic E-state index is 11.6. The molecule has 0 saturated heterocycles. The lowest BCUT2D eigenvalue weighted by Gasteiger charge is -2.02. The lowest BCUT2D eigenvalue weighted by molar-refractivity contribution is -0.605. The van der Waals surface area contributed by atoms with E-state index in [1.807, 2.05) is 16.7 Å². The van der Waals surface area contributed by atoms with Crippen molar-refractivity contribution in [3.8, 4) is 11.7 Å². The quantitative estimate of drug-likeness (QED) is 0.610. The zero-order valence-corrected chi connectivity index (χ0v) is 15.3. The van der Waals surface area contributed by atoms with Crippen molar-refractivity contribution in [2.24, 2.45) is 0 Å². The summed E-state index contributed by atoms with van der Waals surface area (Å²) in [4.78, 5) is 5.00. The second-order valence-corrected chi connectivity index (χ2v) is 8.68. The molecule has 0 atom stereocenters. The van der Waals surface area contributed by atoms with E-state index in [1.54, 1.807) is 24.5 Å². The van der Waals surface area contributed by atoms with E-state index in [0.29, 0.717) is 6.61 Å². The SMILES string of the molecule is CS(=O)(=O)c1cc[n+](-c2nc3cc(Br)cc4c3n2CCCO4)cc1. The minimum absolute atomic E-state index is 0.289. The molecule has 2 aromatic heterocycles. The summed E-state index contributed by atoms with van der Waals surface area (Å²) in [5, 5.41) is 0. The van der Waals surface area contributed by atoms with Gasteiger partial charge in [0.15, 0.2) is 26.6 Å². The molecule has 0 radical (unpaired) electrons. The Kier molecular flexibility index (Phi) is 3.61. The molecule has 4 rings (SSSR count). The van der Waals surface area contributed by atoms with Crippen LogP contribution in [0, 0.1) is 0 Å². The molecule has 0 unspecified atom stereocenters. The number of rotatable bonds is 2. The molecule has 0 N–H and O–H groups in total. The zero-order valence-electron chi connectivity index (χ0n) is 12.9. The smallest absolute Gasteiger partial charge is 0.404 e. The lowest BCUT2D eigenvalue weighted by Crippen LogP contribution is -2.34. The van der Waals surface area contributed by atoms with Gasteiger partial charge in [0.25, 0.3) is 0 Å². The Labute approximate surface area is 147 Å². The fourth-order valence-corrected chi connectivity index (χ4v) is 3.94. The van der Waals surface area contributed by atoms with Gasteiger partial charge in [-0.05, 0) is 24.3 Å². The molecule has 124 valence electrons. The summed E-state index contributed by atoms with van der Waals surface area (Å²) in [5.74, 6) is 1.55. The molecule has 0 spiro atoms. The number of nitrogens with zero attached hydrogens (tertiary/aromatic N) is 3. The van der Waals surface area contributed by atoms with Crippen molar-refractivity contribution in [3.05, 3.63) is 41.1 Å². The van der Waals surface area contributed by atoms with Crippen LogP contribution in [0.1, 0.15) is 6.42 Å². The van der Waals surface area contributed by atoms with E-state index in [-0.39, 0.29) is 4.90 Å². The number of benzene rings is 1. The number of sulfone groups is 1. The number of halogens is 1. The fourth-order valence-electron chi connectivity index (χ4n) is 2.90. The van der Waals surface area contributed by atoms with Crippen LogP contribution in [0.2, 0.25) is 0 Å². The Hall–Kier alpha value is -1.93. The van der Waals surface area contributed by atoms with Crippen LogP contribution in [0.25, 0.3) is 17.0 Å². The topological polar surface area (TPSA) is 65.1 Å². The van der Waals surface area contributed by atoms with Gasteiger partial charge in [0.05, 0.1) is 30.4 Å². The van der Waals surface area contributed by atoms with E-state index in [4.69, 9.17) is 9.72 Å². The Bertz CT molecular complexity index is 1040. The lowest BCUT2D eigenvalue weighted by atomic mass is 10.3. The first-order valence-corrected chi connectivity index (χ1v) is 10.2. The molecule has 0 bridgehead atoms. The van der Waals surface area contributed by atoms with Crippen molar-refractivity contribution in [1.82, 2.24) is 9.55 Å². The minimum atomic E-state index is -3.22. The molecule has 6 nitrogen and oxygen atoms in total. The fraction of sp³-hybridized carbons (Fsp3) is 0.250. The zero-order chi connectivity index (χ0) is 16.9. The summed E-state index contributed by atoms with van der Waals surface area (Å²) in [6.45, 7) is 1.45. The molecule has 24 heavy (non-hydrogen) atoms. The highest BCUT2D eigenvalue weighted by molar-refractivity contribution is 9.10. The summed E-state index contributed by atoms with van der Waals surface area (Å²) in [6.07, 6.45) is 5.53. The van der Waals surface area contributed by atoms with Crippen LogP contribution >= 0.6 is 15.9 Å². The molecule has 0 aliphatic carbocycles. The van der Waals surface area contributed by atoms with Gasteiger partial charge in [-0.15, -0.1) is 0 Å². The average molecular weight is 409 g/mol. The van der Waals surface area contributed by atoms with E-state index < -0.39 is 9.84 Å². The van der Waals surface area contributed by atoms with Crippen LogP contribution in [-0.2, 0) is 16.4 Å². The molecular formula is C16H15BrN3O3S+. The third-order valence-corrected chi connectivity index (χ3v) is 5.58. The maximum Gasteiger partial charge on any atom is 0.404 e. The predicted molar refractivity (Wildman–Crippen MR) is 92.2 cm³/mol. The van der Waals surface area contributed by atoms with Crippen molar-refractivity contribution in [3.63, 3.8) is 0 Å². The van der Waals surface area contributed by atoms with Gasteiger partial charge in [-0.1, -0.05) is 20.9 Å². The highest BCUT2D eigenvalue weighted by atomic mass is 79.9. The summed E-state index contributed by atoms with van der Waals surface area (Å²) < 4.78 is 34.0. The first kappa shape index (κ1) is 15.6. The Balaban J connectivity index is 1.92. The number of aromatic nitrogens is 3. The third-order valence-electron chi connectivity index (χ3n) is 3.99. The summed E-state index contributed by atoms with van der Waals surface area (Å²) in [5.41, 5.74) is 1.81. The summed E-state index contributed by atoms with van der Waals surface area (Å²) in [7, 11) is -3.22. The van der Waals surface area contributed by atoms with E-state index in [2.05, 4.69) is 20.5 Å². The number of hydrogen-bond donors (Lipinski definition) is 0. The van der Waals surface area contributed by atoms with Crippen molar-refractivity contribution < 1.29 is 17.7 Å². The number of aryl methyl sites for hydroxylation is 1. The van der Waals surface area contributed by atoms with E-state index in [1.165, 1.54) is 6.26 Å². The van der Waals surface area contributed by atoms with Crippen molar-refractivity contribution in [2.75, 3.05) is 12.9 Å². The van der Waals surface area contributed by atoms with E-state index in [9.17, 15) is 8.42 Å². The molecule has 1 aliphatic rings. The van der Waals surface area contributed by atoms with Crippen molar-refractivity contribution in [1.29, 1.82) is 0 Å². The highest BCUT2D eigenvalue weighted by Crippen LogP contribution is 2.33. The monoisotopic (exact) mass is 408 g/mol. The normalized spacial score (nSPS) is 14.4. The number of hydrogen-bond acceptors (Lipinski definition) is 4. The van der Waals surface area contributed by atoms with Gasteiger partial charge in [0, 0.05) is 17.1 Å². The van der Waals surface area contributed by atoms with E-state index in [0.717, 1.165) is 40.2 Å². The van der Waals surface area contributed by atoms with Gasteiger partial charge >= 0.3 is 5.95 Å². The first-order chi connectivity index (χ1) is 11.4. The largest absolute Gasteiger partial charge is 0.490 e. The molecule has 3 aromatic rings. The van der Waals surface area contributed by atoms with Crippen LogP contribution in [-0.4, -0.2) is 30.8 Å². The molecule has 8 heteroatoms. The molecule has 0 saturated carbocycles. The molecule has 1 aliphatic heterocycles. The van der Waals surface area contributed by atoms with Crippen LogP contribution in [0.4, 0.5) is 0 Å². The molecule has 0 fully saturated rings. The van der Waals surface area contributed by atoms with Crippen LogP contribution in [0.15, 0.2) is 46.0 Å². The predicted octanol–water partition coefficient (Wildman–Crippen LogP) is 2.26. The number of pyridine rings is 1. The van der Waals surface area contributed by atoms with Crippen LogP contribution in [0.3, 0.4) is 0 Å². The molecule has 3 heterocycles. The summed E-state index contributed by atoms with van der Waals surface area (Å²) in [6, 6.07) is 7.09. The second-order valence-electron chi connectivity index (χ2n) is 5.75. The van der Waals surface area contributed by atoms with Gasteiger partial charge in [0.2, 0.25) is 0 Å². The molecule has 0 amide bonds.